The van der Waals surface area contributed by atoms with E-state index in [9.17, 15) is 9.59 Å². The highest BCUT2D eigenvalue weighted by molar-refractivity contribution is 7.99. The Morgan fingerprint density at radius 2 is 1.56 bits per heavy atom. The van der Waals surface area contributed by atoms with Crippen LogP contribution in [0.25, 0.3) is 0 Å². The third kappa shape index (κ3) is 6.07. The summed E-state index contributed by atoms with van der Waals surface area (Å²) in [5, 5.41) is 0.557. The highest BCUT2D eigenvalue weighted by atomic mass is 32.2. The average Bonchev–Trinajstić information content (AvgIpc) is 2.81. The maximum absolute atomic E-state index is 12.6. The standard InChI is InChI=1S/C20H30N2O2S/c1-15(2)20(24)22-11-5-10-21(12-13-22)19(23)14-17-6-8-18(9-7-17)25-16(3)4/h6-9,15-16H,5,10-14H2,1-4H3. The quantitative estimate of drug-likeness (QED) is 0.753. The van der Waals surface area contributed by atoms with Gasteiger partial charge < -0.3 is 9.80 Å². The van der Waals surface area contributed by atoms with Crippen LogP contribution < -0.4 is 0 Å². The van der Waals surface area contributed by atoms with Crippen molar-refractivity contribution in [1.82, 2.24) is 9.80 Å². The second-order valence-electron chi connectivity index (χ2n) is 7.20. The van der Waals surface area contributed by atoms with Crippen LogP contribution in [-0.4, -0.2) is 53.0 Å². The number of nitrogens with zero attached hydrogens (tertiary/aromatic N) is 2. The lowest BCUT2D eigenvalue weighted by Crippen LogP contribution is -2.39. The summed E-state index contributed by atoms with van der Waals surface area (Å²) in [5.74, 6) is 0.361. The summed E-state index contributed by atoms with van der Waals surface area (Å²) in [6, 6.07) is 8.29. The van der Waals surface area contributed by atoms with Crippen molar-refractivity contribution in [3.05, 3.63) is 29.8 Å². The van der Waals surface area contributed by atoms with Gasteiger partial charge in [0.25, 0.3) is 0 Å². The van der Waals surface area contributed by atoms with Gasteiger partial charge in [0.2, 0.25) is 11.8 Å². The molecule has 1 aliphatic rings. The molecule has 1 aromatic carbocycles. The van der Waals surface area contributed by atoms with E-state index in [1.807, 2.05) is 35.4 Å². The van der Waals surface area contributed by atoms with Crippen LogP contribution in [0.5, 0.6) is 0 Å². The van der Waals surface area contributed by atoms with E-state index in [2.05, 4.69) is 38.1 Å². The lowest BCUT2D eigenvalue weighted by molar-refractivity contribution is -0.135. The van der Waals surface area contributed by atoms with E-state index < -0.39 is 0 Å². The van der Waals surface area contributed by atoms with Crippen molar-refractivity contribution in [3.8, 4) is 0 Å². The fourth-order valence-corrected chi connectivity index (χ4v) is 3.83. The van der Waals surface area contributed by atoms with Crippen LogP contribution >= 0.6 is 11.8 Å². The average molecular weight is 363 g/mol. The Morgan fingerprint density at radius 1 is 0.960 bits per heavy atom. The predicted molar refractivity (Wildman–Crippen MR) is 104 cm³/mol. The van der Waals surface area contributed by atoms with Gasteiger partial charge in [0, 0.05) is 42.2 Å². The molecule has 1 heterocycles. The van der Waals surface area contributed by atoms with Crippen LogP contribution in [0.4, 0.5) is 0 Å². The van der Waals surface area contributed by atoms with E-state index in [0.29, 0.717) is 24.8 Å². The summed E-state index contributed by atoms with van der Waals surface area (Å²) >= 11 is 1.83. The second kappa shape index (κ2) is 9.27. The Hall–Kier alpha value is -1.49. The van der Waals surface area contributed by atoms with E-state index in [1.165, 1.54) is 4.90 Å². The van der Waals surface area contributed by atoms with Gasteiger partial charge in [-0.25, -0.2) is 0 Å². The molecule has 0 spiro atoms. The van der Waals surface area contributed by atoms with Crippen molar-refractivity contribution in [3.63, 3.8) is 0 Å². The molecule has 4 nitrogen and oxygen atoms in total. The molecule has 1 aromatic rings. The molecule has 2 amide bonds. The Bertz CT molecular complexity index is 584. The molecule has 0 radical (unpaired) electrons. The highest BCUT2D eigenvalue weighted by Gasteiger charge is 2.23. The topological polar surface area (TPSA) is 40.6 Å². The number of thioether (sulfide) groups is 1. The van der Waals surface area contributed by atoms with Crippen LogP contribution in [0.1, 0.15) is 39.7 Å². The van der Waals surface area contributed by atoms with Crippen LogP contribution in [0, 0.1) is 5.92 Å². The number of hydrogen-bond acceptors (Lipinski definition) is 3. The fourth-order valence-electron chi connectivity index (χ4n) is 3.00. The van der Waals surface area contributed by atoms with Crippen LogP contribution in [0.3, 0.4) is 0 Å². The molecule has 25 heavy (non-hydrogen) atoms. The number of carbonyl (C=O) groups is 2. The summed E-state index contributed by atoms with van der Waals surface area (Å²) in [5.41, 5.74) is 1.05. The number of hydrogen-bond donors (Lipinski definition) is 0. The number of carbonyl (C=O) groups excluding carboxylic acids is 2. The van der Waals surface area contributed by atoms with Gasteiger partial charge in [-0.2, -0.15) is 0 Å². The molecule has 0 unspecified atom stereocenters. The van der Waals surface area contributed by atoms with Crippen molar-refractivity contribution in [2.75, 3.05) is 26.2 Å². The van der Waals surface area contributed by atoms with Gasteiger partial charge in [0.15, 0.2) is 0 Å². The summed E-state index contributed by atoms with van der Waals surface area (Å²) in [6.07, 6.45) is 1.29. The Morgan fingerprint density at radius 3 is 2.16 bits per heavy atom. The molecule has 0 N–H and O–H groups in total. The molecule has 2 rings (SSSR count). The first-order valence-corrected chi connectivity index (χ1v) is 10.1. The van der Waals surface area contributed by atoms with Gasteiger partial charge in [0.1, 0.15) is 0 Å². The smallest absolute Gasteiger partial charge is 0.227 e. The van der Waals surface area contributed by atoms with Crippen LogP contribution in [-0.2, 0) is 16.0 Å². The van der Waals surface area contributed by atoms with Gasteiger partial charge in [-0.05, 0) is 24.1 Å². The van der Waals surface area contributed by atoms with E-state index in [0.717, 1.165) is 25.1 Å². The first-order valence-electron chi connectivity index (χ1n) is 9.19. The van der Waals surface area contributed by atoms with Crippen molar-refractivity contribution < 1.29 is 9.59 Å². The second-order valence-corrected chi connectivity index (χ2v) is 8.85. The van der Waals surface area contributed by atoms with Gasteiger partial charge in [-0.15, -0.1) is 11.8 Å². The zero-order chi connectivity index (χ0) is 18.4. The zero-order valence-electron chi connectivity index (χ0n) is 15.8. The van der Waals surface area contributed by atoms with E-state index in [1.54, 1.807) is 0 Å². The van der Waals surface area contributed by atoms with Crippen molar-refractivity contribution in [2.45, 2.75) is 50.7 Å². The molecule has 0 bridgehead atoms. The van der Waals surface area contributed by atoms with Crippen LogP contribution in [0.2, 0.25) is 0 Å². The summed E-state index contributed by atoms with van der Waals surface area (Å²) in [7, 11) is 0. The monoisotopic (exact) mass is 362 g/mol. The number of amides is 2. The zero-order valence-corrected chi connectivity index (χ0v) is 16.6. The van der Waals surface area contributed by atoms with Gasteiger partial charge in [-0.3, -0.25) is 9.59 Å². The molecule has 1 saturated heterocycles. The first kappa shape index (κ1) is 19.8. The fraction of sp³-hybridized carbons (Fsp3) is 0.600. The summed E-state index contributed by atoms with van der Waals surface area (Å²) < 4.78 is 0. The lowest BCUT2D eigenvalue weighted by Gasteiger charge is -2.23. The minimum absolute atomic E-state index is 0.0180. The normalized spacial score (nSPS) is 15.6. The van der Waals surface area contributed by atoms with Gasteiger partial charge in [0.05, 0.1) is 6.42 Å². The van der Waals surface area contributed by atoms with E-state index in [4.69, 9.17) is 0 Å². The van der Waals surface area contributed by atoms with Gasteiger partial charge in [-0.1, -0.05) is 39.8 Å². The lowest BCUT2D eigenvalue weighted by atomic mass is 10.1. The third-order valence-electron chi connectivity index (χ3n) is 4.30. The highest BCUT2D eigenvalue weighted by Crippen LogP contribution is 2.23. The van der Waals surface area contributed by atoms with E-state index >= 15 is 0 Å². The minimum atomic E-state index is 0.0180. The van der Waals surface area contributed by atoms with Crippen molar-refractivity contribution in [1.29, 1.82) is 0 Å². The molecule has 0 aliphatic carbocycles. The molecular weight excluding hydrogens is 332 g/mol. The molecule has 0 aromatic heterocycles. The summed E-state index contributed by atoms with van der Waals surface area (Å²) in [6.45, 7) is 11.0. The molecule has 138 valence electrons. The number of rotatable bonds is 5. The maximum Gasteiger partial charge on any atom is 0.227 e. The van der Waals surface area contributed by atoms with Crippen LogP contribution in [0.15, 0.2) is 29.2 Å². The molecule has 1 aliphatic heterocycles. The molecule has 5 heteroatoms. The minimum Gasteiger partial charge on any atom is -0.341 e. The maximum atomic E-state index is 12.6. The molecule has 0 saturated carbocycles. The Kier molecular flexibility index (Phi) is 7.36. The molecule has 1 fully saturated rings. The predicted octanol–water partition coefficient (Wildman–Crippen LogP) is 3.45. The number of benzene rings is 1. The SMILES string of the molecule is CC(C)Sc1ccc(CC(=O)N2CCCN(C(=O)C(C)C)CC2)cc1. The third-order valence-corrected chi connectivity index (χ3v) is 5.32. The van der Waals surface area contributed by atoms with Crippen molar-refractivity contribution in [2.24, 2.45) is 5.92 Å². The molecular formula is C20H30N2O2S. The Labute approximate surface area is 156 Å². The van der Waals surface area contributed by atoms with Crippen molar-refractivity contribution >= 4 is 23.6 Å². The van der Waals surface area contributed by atoms with E-state index in [-0.39, 0.29) is 17.7 Å². The first-order chi connectivity index (χ1) is 11.9. The Balaban J connectivity index is 1.89. The largest absolute Gasteiger partial charge is 0.341 e. The van der Waals surface area contributed by atoms with Gasteiger partial charge >= 0.3 is 0 Å². The molecule has 0 atom stereocenters. The summed E-state index contributed by atoms with van der Waals surface area (Å²) in [4.78, 5) is 29.8.